The predicted molar refractivity (Wildman–Crippen MR) is 141 cm³/mol. The number of carbonyl (C=O) groups excluding carboxylic acids is 3. The Morgan fingerprint density at radius 1 is 0.919 bits per heavy atom. The average molecular weight is 534 g/mol. The van der Waals surface area contributed by atoms with E-state index in [1.54, 1.807) is 48.7 Å². The summed E-state index contributed by atoms with van der Waals surface area (Å²) >= 11 is 12.2. The predicted octanol–water partition coefficient (Wildman–Crippen LogP) is 5.16. The molecule has 7 nitrogen and oxygen atoms in total. The highest BCUT2D eigenvalue weighted by molar-refractivity contribution is 6.31. The Kier molecular flexibility index (Phi) is 5.70. The topological polar surface area (TPSA) is 79.0 Å². The molecule has 0 bridgehead atoms. The van der Waals surface area contributed by atoms with Crippen molar-refractivity contribution in [3.63, 3.8) is 0 Å². The van der Waals surface area contributed by atoms with Crippen LogP contribution >= 0.6 is 23.2 Å². The van der Waals surface area contributed by atoms with Gasteiger partial charge in [0.2, 0.25) is 17.7 Å². The number of rotatable bonds is 4. The van der Waals surface area contributed by atoms with E-state index < -0.39 is 35.7 Å². The zero-order valence-corrected chi connectivity index (χ0v) is 21.1. The minimum Gasteiger partial charge on any atom is -0.495 e. The Morgan fingerprint density at radius 2 is 1.62 bits per heavy atom. The van der Waals surface area contributed by atoms with Crippen molar-refractivity contribution in [2.75, 3.05) is 17.3 Å². The van der Waals surface area contributed by atoms with Gasteiger partial charge < -0.3 is 15.0 Å². The molecule has 3 heterocycles. The molecule has 3 amide bonds. The molecule has 3 aromatic rings. The van der Waals surface area contributed by atoms with E-state index in [-0.39, 0.29) is 5.91 Å². The van der Waals surface area contributed by atoms with Gasteiger partial charge in [0.1, 0.15) is 11.8 Å². The van der Waals surface area contributed by atoms with Crippen molar-refractivity contribution in [2.24, 2.45) is 11.8 Å². The second-order valence-corrected chi connectivity index (χ2v) is 10.0. The normalized spacial score (nSPS) is 23.5. The number of anilines is 2. The van der Waals surface area contributed by atoms with Gasteiger partial charge in [0.25, 0.3) is 0 Å². The quantitative estimate of drug-likeness (QED) is 0.469. The maximum atomic E-state index is 13.9. The van der Waals surface area contributed by atoms with E-state index in [1.165, 1.54) is 12.0 Å². The van der Waals surface area contributed by atoms with Gasteiger partial charge in [0, 0.05) is 16.2 Å². The average Bonchev–Trinajstić information content (AvgIpc) is 3.37. The molecule has 9 heteroatoms. The number of ether oxygens (including phenoxy) is 1. The number of methoxy groups -OCH3 is 1. The molecule has 0 radical (unpaired) electrons. The van der Waals surface area contributed by atoms with Crippen molar-refractivity contribution in [2.45, 2.75) is 12.1 Å². The van der Waals surface area contributed by atoms with Gasteiger partial charge in [-0.2, -0.15) is 0 Å². The van der Waals surface area contributed by atoms with Crippen LogP contribution in [0.5, 0.6) is 5.75 Å². The summed E-state index contributed by atoms with van der Waals surface area (Å²) in [6.07, 6.45) is 3.71. The van der Waals surface area contributed by atoms with Gasteiger partial charge in [0.15, 0.2) is 0 Å². The molecule has 6 rings (SSSR count). The zero-order valence-electron chi connectivity index (χ0n) is 19.6. The summed E-state index contributed by atoms with van der Waals surface area (Å²) in [5.74, 6) is -2.40. The fraction of sp³-hybridized carbons (Fsp3) is 0.179. The van der Waals surface area contributed by atoms with Crippen LogP contribution in [0.4, 0.5) is 11.4 Å². The SMILES string of the molecule is COc1ccc(Cl)cc1NC(=O)[C@H]1[C@@H]2C(=O)N(c3ccc(Cl)cc3)C(=O)[C@@H]2[C@H]2c3ccccc3C=CN21. The highest BCUT2D eigenvalue weighted by Gasteiger charge is 2.64. The molecule has 186 valence electrons. The summed E-state index contributed by atoms with van der Waals surface area (Å²) < 4.78 is 5.39. The fourth-order valence-electron chi connectivity index (χ4n) is 5.69. The molecule has 0 aromatic heterocycles. The summed E-state index contributed by atoms with van der Waals surface area (Å²) in [5.41, 5.74) is 2.66. The molecule has 37 heavy (non-hydrogen) atoms. The number of hydrogen-bond acceptors (Lipinski definition) is 5. The van der Waals surface area contributed by atoms with Crippen LogP contribution in [0.2, 0.25) is 10.0 Å². The lowest BCUT2D eigenvalue weighted by molar-refractivity contribution is -0.128. The molecular formula is C28H21Cl2N3O4. The monoisotopic (exact) mass is 533 g/mol. The first kappa shape index (κ1) is 23.6. The summed E-state index contributed by atoms with van der Waals surface area (Å²) in [6.45, 7) is 0. The third-order valence-electron chi connectivity index (χ3n) is 7.23. The Hall–Kier alpha value is -3.81. The van der Waals surface area contributed by atoms with Gasteiger partial charge in [-0.3, -0.25) is 14.4 Å². The lowest BCUT2D eigenvalue weighted by Gasteiger charge is -2.35. The van der Waals surface area contributed by atoms with E-state index in [4.69, 9.17) is 27.9 Å². The van der Waals surface area contributed by atoms with Gasteiger partial charge >= 0.3 is 0 Å². The standard InChI is InChI=1S/C28H21Cl2N3O4/c1-37-21-11-8-17(30)14-20(21)31-26(34)25-23-22(24-19-5-3-2-4-15(19)12-13-32(24)25)27(35)33(28(23)36)18-9-6-16(29)7-10-18/h2-14,22-25H,1H3,(H,31,34)/t22-,23+,24+,25+/m0/s1. The summed E-state index contributed by atoms with van der Waals surface area (Å²) in [5, 5.41) is 3.80. The Bertz CT molecular complexity index is 1470. The molecule has 4 atom stereocenters. The largest absolute Gasteiger partial charge is 0.495 e. The van der Waals surface area contributed by atoms with Crippen LogP contribution in [0.15, 0.2) is 72.9 Å². The summed E-state index contributed by atoms with van der Waals surface area (Å²) in [7, 11) is 1.49. The first-order valence-electron chi connectivity index (χ1n) is 11.7. The summed E-state index contributed by atoms with van der Waals surface area (Å²) in [6, 6.07) is 17.7. The number of amides is 3. The summed E-state index contributed by atoms with van der Waals surface area (Å²) in [4.78, 5) is 44.6. The molecule has 1 N–H and O–H groups in total. The van der Waals surface area contributed by atoms with E-state index in [9.17, 15) is 14.4 Å². The molecule has 0 spiro atoms. The van der Waals surface area contributed by atoms with E-state index in [0.717, 1.165) is 11.1 Å². The van der Waals surface area contributed by atoms with E-state index in [0.29, 0.717) is 27.2 Å². The van der Waals surface area contributed by atoms with Crippen molar-refractivity contribution >= 4 is 58.4 Å². The molecule has 3 aromatic carbocycles. The second-order valence-electron chi connectivity index (χ2n) is 9.16. The van der Waals surface area contributed by atoms with Crippen LogP contribution in [-0.2, 0) is 14.4 Å². The first-order chi connectivity index (χ1) is 17.9. The Morgan fingerprint density at radius 3 is 2.38 bits per heavy atom. The lowest BCUT2D eigenvalue weighted by Crippen LogP contribution is -2.46. The van der Waals surface area contributed by atoms with E-state index in [2.05, 4.69) is 5.32 Å². The number of benzene rings is 3. The number of carbonyl (C=O) groups is 3. The molecule has 3 aliphatic rings. The van der Waals surface area contributed by atoms with E-state index in [1.807, 2.05) is 35.2 Å². The number of imide groups is 1. The van der Waals surface area contributed by atoms with Crippen LogP contribution < -0.4 is 15.0 Å². The van der Waals surface area contributed by atoms with Crippen LogP contribution in [0.3, 0.4) is 0 Å². The van der Waals surface area contributed by atoms with Crippen LogP contribution in [0.25, 0.3) is 6.08 Å². The molecular weight excluding hydrogens is 513 g/mol. The number of hydrogen-bond donors (Lipinski definition) is 1. The Balaban J connectivity index is 1.44. The molecule has 3 aliphatic heterocycles. The lowest BCUT2D eigenvalue weighted by atomic mass is 9.84. The fourth-order valence-corrected chi connectivity index (χ4v) is 5.98. The maximum Gasteiger partial charge on any atom is 0.248 e. The van der Waals surface area contributed by atoms with Gasteiger partial charge in [-0.15, -0.1) is 0 Å². The van der Waals surface area contributed by atoms with Crippen molar-refractivity contribution in [1.29, 1.82) is 0 Å². The number of fused-ring (bicyclic) bond motifs is 5. The van der Waals surface area contributed by atoms with Gasteiger partial charge in [-0.1, -0.05) is 47.5 Å². The Labute approximate surface area is 223 Å². The molecule has 0 aliphatic carbocycles. The maximum absolute atomic E-state index is 13.9. The molecule has 2 fully saturated rings. The van der Waals surface area contributed by atoms with E-state index >= 15 is 0 Å². The smallest absolute Gasteiger partial charge is 0.248 e. The van der Waals surface area contributed by atoms with Crippen LogP contribution in [0.1, 0.15) is 17.2 Å². The van der Waals surface area contributed by atoms with Crippen LogP contribution in [-0.4, -0.2) is 35.8 Å². The van der Waals surface area contributed by atoms with Crippen molar-refractivity contribution < 1.29 is 19.1 Å². The first-order valence-corrected chi connectivity index (χ1v) is 12.5. The highest BCUT2D eigenvalue weighted by Crippen LogP contribution is 2.53. The van der Waals surface area contributed by atoms with Gasteiger partial charge in [0.05, 0.1) is 36.4 Å². The second kappa shape index (κ2) is 8.94. The number of nitrogens with one attached hydrogen (secondary N) is 1. The van der Waals surface area contributed by atoms with Crippen LogP contribution in [0, 0.1) is 11.8 Å². The third kappa shape index (κ3) is 3.69. The highest BCUT2D eigenvalue weighted by atomic mass is 35.5. The van der Waals surface area contributed by atoms with Gasteiger partial charge in [-0.05, 0) is 59.7 Å². The number of nitrogens with zero attached hydrogens (tertiary/aromatic N) is 2. The molecule has 0 unspecified atom stereocenters. The van der Waals surface area contributed by atoms with Crippen molar-refractivity contribution in [3.8, 4) is 5.75 Å². The third-order valence-corrected chi connectivity index (χ3v) is 7.72. The minimum absolute atomic E-state index is 0.340. The molecule has 2 saturated heterocycles. The molecule has 0 saturated carbocycles. The van der Waals surface area contributed by atoms with Crippen molar-refractivity contribution in [3.05, 3.63) is 94.1 Å². The number of halogens is 2. The zero-order chi connectivity index (χ0) is 25.8. The van der Waals surface area contributed by atoms with Gasteiger partial charge in [-0.25, -0.2) is 4.90 Å². The minimum atomic E-state index is -0.933. The van der Waals surface area contributed by atoms with Crippen molar-refractivity contribution in [1.82, 2.24) is 4.90 Å².